The summed E-state index contributed by atoms with van der Waals surface area (Å²) >= 11 is 6.18. The van der Waals surface area contributed by atoms with Gasteiger partial charge in [-0.2, -0.15) is 5.10 Å². The molecule has 18 heavy (non-hydrogen) atoms. The highest BCUT2D eigenvalue weighted by atomic mass is 35.5. The second-order valence-electron chi connectivity index (χ2n) is 5.55. The average Bonchev–Trinajstić information content (AvgIpc) is 2.34. The molecule has 1 saturated carbocycles. The molecule has 0 bridgehead atoms. The number of hydrogen-bond donors (Lipinski definition) is 1. The Hall–Kier alpha value is -0.900. The van der Waals surface area contributed by atoms with E-state index in [1.807, 2.05) is 13.8 Å². The lowest BCUT2D eigenvalue weighted by Crippen LogP contribution is -2.45. The van der Waals surface area contributed by atoms with Crippen molar-refractivity contribution in [2.45, 2.75) is 52.0 Å². The summed E-state index contributed by atoms with van der Waals surface area (Å²) in [5.41, 5.74) is 1.72. The summed E-state index contributed by atoms with van der Waals surface area (Å²) in [5.74, 6) is 1.89. The molecule has 0 spiro atoms. The first-order chi connectivity index (χ1) is 8.54. The van der Waals surface area contributed by atoms with Gasteiger partial charge in [0.05, 0.1) is 16.9 Å². The second kappa shape index (κ2) is 5.39. The first-order valence-electron chi connectivity index (χ1n) is 6.57. The largest absolute Gasteiger partial charge is 0.346 e. The lowest BCUT2D eigenvalue weighted by atomic mass is 9.77. The Labute approximate surface area is 114 Å². The highest BCUT2D eigenvalue weighted by Gasteiger charge is 2.34. The van der Waals surface area contributed by atoms with Crippen molar-refractivity contribution in [1.29, 1.82) is 0 Å². The van der Waals surface area contributed by atoms with E-state index in [2.05, 4.69) is 27.4 Å². The number of aromatic nitrogens is 3. The van der Waals surface area contributed by atoms with E-state index in [-0.39, 0.29) is 5.54 Å². The highest BCUT2D eigenvalue weighted by molar-refractivity contribution is 6.18. The molecule has 0 aliphatic heterocycles. The molecular formula is C13H21ClN4. The molecule has 1 aromatic heterocycles. The molecule has 0 radical (unpaired) electrons. The topological polar surface area (TPSA) is 50.7 Å². The maximum absolute atomic E-state index is 6.18. The molecule has 2 rings (SSSR count). The van der Waals surface area contributed by atoms with Crippen molar-refractivity contribution >= 4 is 17.5 Å². The molecule has 1 aliphatic rings. The smallest absolute Gasteiger partial charge is 0.243 e. The van der Waals surface area contributed by atoms with E-state index in [0.717, 1.165) is 24.2 Å². The molecule has 1 aliphatic carbocycles. The van der Waals surface area contributed by atoms with Crippen LogP contribution in [0.2, 0.25) is 0 Å². The Bertz CT molecular complexity index is 423. The van der Waals surface area contributed by atoms with Gasteiger partial charge in [-0.15, -0.1) is 16.7 Å². The van der Waals surface area contributed by atoms with Crippen LogP contribution in [0.15, 0.2) is 0 Å². The van der Waals surface area contributed by atoms with Crippen molar-refractivity contribution in [3.05, 3.63) is 11.4 Å². The fourth-order valence-electron chi connectivity index (χ4n) is 2.68. The van der Waals surface area contributed by atoms with Crippen LogP contribution in [-0.2, 0) is 0 Å². The van der Waals surface area contributed by atoms with Crippen LogP contribution < -0.4 is 5.32 Å². The number of nitrogens with one attached hydrogen (secondary N) is 1. The van der Waals surface area contributed by atoms with Gasteiger partial charge in [-0.1, -0.05) is 19.8 Å². The zero-order valence-corrected chi connectivity index (χ0v) is 12.1. The fourth-order valence-corrected chi connectivity index (χ4v) is 2.98. The molecule has 0 aromatic carbocycles. The van der Waals surface area contributed by atoms with Gasteiger partial charge >= 0.3 is 0 Å². The van der Waals surface area contributed by atoms with Gasteiger partial charge in [-0.25, -0.2) is 4.98 Å². The van der Waals surface area contributed by atoms with Gasteiger partial charge in [0.15, 0.2) is 0 Å². The maximum Gasteiger partial charge on any atom is 0.243 e. The summed E-state index contributed by atoms with van der Waals surface area (Å²) in [4.78, 5) is 4.44. The van der Waals surface area contributed by atoms with Crippen LogP contribution in [0.25, 0.3) is 0 Å². The zero-order valence-electron chi connectivity index (χ0n) is 11.3. The van der Waals surface area contributed by atoms with Gasteiger partial charge in [0.2, 0.25) is 5.95 Å². The normalized spacial score (nSPS) is 28.1. The molecule has 100 valence electrons. The van der Waals surface area contributed by atoms with Gasteiger partial charge in [-0.3, -0.25) is 0 Å². The molecule has 1 N–H and O–H groups in total. The molecule has 5 heteroatoms. The third kappa shape index (κ3) is 2.91. The third-order valence-corrected chi connectivity index (χ3v) is 4.33. The third-order valence-electron chi connectivity index (χ3n) is 3.82. The van der Waals surface area contributed by atoms with Crippen molar-refractivity contribution in [3.63, 3.8) is 0 Å². The first-order valence-corrected chi connectivity index (χ1v) is 7.10. The second-order valence-corrected chi connectivity index (χ2v) is 5.81. The van der Waals surface area contributed by atoms with E-state index in [1.165, 1.54) is 12.8 Å². The van der Waals surface area contributed by atoms with Crippen LogP contribution in [-0.4, -0.2) is 26.6 Å². The number of alkyl halides is 1. The minimum absolute atomic E-state index is 0.0669. The van der Waals surface area contributed by atoms with Crippen molar-refractivity contribution in [2.75, 3.05) is 11.2 Å². The molecule has 4 nitrogen and oxygen atoms in total. The Kier molecular flexibility index (Phi) is 4.05. The predicted molar refractivity (Wildman–Crippen MR) is 74.0 cm³/mol. The molecule has 2 unspecified atom stereocenters. The van der Waals surface area contributed by atoms with E-state index in [9.17, 15) is 0 Å². The van der Waals surface area contributed by atoms with E-state index in [4.69, 9.17) is 11.6 Å². The van der Waals surface area contributed by atoms with E-state index in [1.54, 1.807) is 0 Å². The Morgan fingerprint density at radius 1 is 1.33 bits per heavy atom. The van der Waals surface area contributed by atoms with Crippen molar-refractivity contribution < 1.29 is 0 Å². The Morgan fingerprint density at radius 2 is 2.11 bits per heavy atom. The van der Waals surface area contributed by atoms with Crippen molar-refractivity contribution in [2.24, 2.45) is 5.92 Å². The molecule has 1 aromatic rings. The molecule has 0 amide bonds. The molecule has 1 fully saturated rings. The molecule has 1 heterocycles. The fraction of sp³-hybridized carbons (Fsp3) is 0.769. The Balaban J connectivity index is 2.16. The number of rotatable bonds is 3. The Morgan fingerprint density at radius 3 is 2.72 bits per heavy atom. The van der Waals surface area contributed by atoms with Crippen molar-refractivity contribution in [1.82, 2.24) is 15.2 Å². The van der Waals surface area contributed by atoms with Crippen LogP contribution in [0.5, 0.6) is 0 Å². The van der Waals surface area contributed by atoms with Gasteiger partial charge in [-0.05, 0) is 32.6 Å². The minimum Gasteiger partial charge on any atom is -0.346 e. The maximum atomic E-state index is 6.18. The number of aryl methyl sites for hydroxylation is 2. The van der Waals surface area contributed by atoms with Gasteiger partial charge < -0.3 is 5.32 Å². The van der Waals surface area contributed by atoms with Crippen molar-refractivity contribution in [3.8, 4) is 0 Å². The highest BCUT2D eigenvalue weighted by Crippen LogP contribution is 2.35. The van der Waals surface area contributed by atoms with Gasteiger partial charge in [0, 0.05) is 5.88 Å². The lowest BCUT2D eigenvalue weighted by molar-refractivity contribution is 0.278. The number of hydrogen-bond acceptors (Lipinski definition) is 4. The lowest BCUT2D eigenvalue weighted by Gasteiger charge is -2.39. The zero-order chi connectivity index (χ0) is 13.2. The first kappa shape index (κ1) is 13.5. The van der Waals surface area contributed by atoms with E-state index >= 15 is 0 Å². The predicted octanol–water partition coefficient (Wildman–Crippen LogP) is 3.09. The van der Waals surface area contributed by atoms with Crippen LogP contribution in [0.1, 0.15) is 44.0 Å². The van der Waals surface area contributed by atoms with E-state index < -0.39 is 0 Å². The van der Waals surface area contributed by atoms with Gasteiger partial charge in [0.25, 0.3) is 0 Å². The number of anilines is 1. The SMILES string of the molecule is Cc1nnc(NC2(CCl)CCCC(C)C2)nc1C. The van der Waals surface area contributed by atoms with Crippen LogP contribution in [0, 0.1) is 19.8 Å². The summed E-state index contributed by atoms with van der Waals surface area (Å²) < 4.78 is 0. The summed E-state index contributed by atoms with van der Waals surface area (Å²) in [7, 11) is 0. The summed E-state index contributed by atoms with van der Waals surface area (Å²) in [6, 6.07) is 0. The quantitative estimate of drug-likeness (QED) is 0.856. The van der Waals surface area contributed by atoms with E-state index in [0.29, 0.717) is 17.7 Å². The van der Waals surface area contributed by atoms with Crippen LogP contribution in [0.3, 0.4) is 0 Å². The molecule has 0 saturated heterocycles. The van der Waals surface area contributed by atoms with Crippen LogP contribution >= 0.6 is 11.6 Å². The average molecular weight is 269 g/mol. The minimum atomic E-state index is -0.0669. The summed E-state index contributed by atoms with van der Waals surface area (Å²) in [5, 5.41) is 11.7. The molecule has 2 atom stereocenters. The number of nitrogens with zero attached hydrogens (tertiary/aromatic N) is 3. The standard InChI is InChI=1S/C13H21ClN4/c1-9-5-4-6-13(7-9,8-14)16-12-15-10(2)11(3)17-18-12/h9H,4-8H2,1-3H3,(H,15,16,18). The monoisotopic (exact) mass is 268 g/mol. The summed E-state index contributed by atoms with van der Waals surface area (Å²) in [6.07, 6.45) is 4.65. The summed E-state index contributed by atoms with van der Waals surface area (Å²) in [6.45, 7) is 6.15. The van der Waals surface area contributed by atoms with Crippen LogP contribution in [0.4, 0.5) is 5.95 Å². The molecular weight excluding hydrogens is 248 g/mol. The van der Waals surface area contributed by atoms with Gasteiger partial charge in [0.1, 0.15) is 0 Å². The number of halogens is 1.